The molecule has 0 saturated heterocycles. The van der Waals surface area contributed by atoms with Crippen molar-refractivity contribution in [1.82, 2.24) is 4.98 Å². The molecule has 3 aromatic rings. The lowest BCUT2D eigenvalue weighted by atomic mass is 10.1. The number of rotatable bonds is 10. The molecule has 0 radical (unpaired) electrons. The Morgan fingerprint density at radius 1 is 1.06 bits per heavy atom. The zero-order valence-corrected chi connectivity index (χ0v) is 19.0. The molecule has 7 nitrogen and oxygen atoms in total. The lowest BCUT2D eigenvalue weighted by Crippen LogP contribution is -2.37. The fraction of sp³-hybridized carbons (Fsp3) is 0.273. The zero-order chi connectivity index (χ0) is 22.2. The van der Waals surface area contributed by atoms with Crippen molar-refractivity contribution in [3.05, 3.63) is 52.9 Å². The molecule has 3 rings (SSSR count). The van der Waals surface area contributed by atoms with Crippen LogP contribution >= 0.6 is 22.9 Å². The van der Waals surface area contributed by atoms with Gasteiger partial charge in [0, 0.05) is 23.1 Å². The van der Waals surface area contributed by atoms with E-state index in [0.717, 1.165) is 5.56 Å². The van der Waals surface area contributed by atoms with Crippen molar-refractivity contribution in [1.29, 1.82) is 0 Å². The Labute approximate surface area is 190 Å². The Kier molecular flexibility index (Phi) is 8.11. The number of amides is 1. The molecule has 1 amide bonds. The molecule has 0 aliphatic carbocycles. The van der Waals surface area contributed by atoms with Gasteiger partial charge in [-0.25, -0.2) is 4.98 Å². The maximum atomic E-state index is 12.9. The van der Waals surface area contributed by atoms with Crippen LogP contribution < -0.4 is 19.1 Å². The van der Waals surface area contributed by atoms with Gasteiger partial charge in [-0.3, -0.25) is 9.69 Å². The highest BCUT2D eigenvalue weighted by molar-refractivity contribution is 7.14. The number of carbonyl (C=O) groups excluding carboxylic acids is 1. The van der Waals surface area contributed by atoms with Crippen LogP contribution in [0.5, 0.6) is 17.2 Å². The van der Waals surface area contributed by atoms with E-state index >= 15 is 0 Å². The van der Waals surface area contributed by atoms with Gasteiger partial charge in [0.15, 0.2) is 11.7 Å². The smallest absolute Gasteiger partial charge is 0.266 e. The molecular formula is C22H23ClN2O5S. The number of anilines is 1. The summed E-state index contributed by atoms with van der Waals surface area (Å²) in [6, 6.07) is 12.3. The first kappa shape index (κ1) is 22.9. The molecule has 1 heterocycles. The van der Waals surface area contributed by atoms with Crippen molar-refractivity contribution < 1.29 is 23.7 Å². The third-order valence-electron chi connectivity index (χ3n) is 4.40. The van der Waals surface area contributed by atoms with Crippen LogP contribution in [0.1, 0.15) is 0 Å². The van der Waals surface area contributed by atoms with E-state index in [-0.39, 0.29) is 12.5 Å². The van der Waals surface area contributed by atoms with E-state index in [9.17, 15) is 4.79 Å². The van der Waals surface area contributed by atoms with Crippen LogP contribution in [-0.4, -0.2) is 52.0 Å². The Morgan fingerprint density at radius 3 is 2.48 bits per heavy atom. The topological polar surface area (TPSA) is 70.1 Å². The summed E-state index contributed by atoms with van der Waals surface area (Å²) >= 11 is 7.24. The van der Waals surface area contributed by atoms with Crippen molar-refractivity contribution in [2.75, 3.05) is 46.0 Å². The highest BCUT2D eigenvalue weighted by Gasteiger charge is 2.21. The summed E-state index contributed by atoms with van der Waals surface area (Å²) in [5.74, 6) is 1.68. The predicted octanol–water partition coefficient (Wildman–Crippen LogP) is 4.54. The van der Waals surface area contributed by atoms with Gasteiger partial charge in [-0.05, 0) is 42.5 Å². The van der Waals surface area contributed by atoms with Crippen LogP contribution in [0, 0.1) is 0 Å². The van der Waals surface area contributed by atoms with Crippen molar-refractivity contribution in [2.45, 2.75) is 0 Å². The average Bonchev–Trinajstić information content (AvgIpc) is 3.28. The molecule has 0 fully saturated rings. The molecular weight excluding hydrogens is 440 g/mol. The minimum absolute atomic E-state index is 0.136. The molecule has 1 aromatic heterocycles. The maximum absolute atomic E-state index is 12.9. The first-order chi connectivity index (χ1) is 15.0. The predicted molar refractivity (Wildman–Crippen MR) is 122 cm³/mol. The fourth-order valence-electron chi connectivity index (χ4n) is 2.79. The number of aromatic nitrogens is 1. The van der Waals surface area contributed by atoms with Gasteiger partial charge >= 0.3 is 0 Å². The second kappa shape index (κ2) is 11.0. The van der Waals surface area contributed by atoms with Gasteiger partial charge in [0.25, 0.3) is 5.91 Å². The molecule has 164 valence electrons. The average molecular weight is 463 g/mol. The summed E-state index contributed by atoms with van der Waals surface area (Å²) in [6.45, 7) is 0.578. The minimum Gasteiger partial charge on any atom is -0.497 e. The summed E-state index contributed by atoms with van der Waals surface area (Å²) in [5, 5.41) is 3.02. The number of hydrogen-bond acceptors (Lipinski definition) is 7. The Bertz CT molecular complexity index is 1010. The normalized spacial score (nSPS) is 10.6. The third kappa shape index (κ3) is 5.88. The molecule has 0 bridgehead atoms. The first-order valence-corrected chi connectivity index (χ1v) is 10.7. The number of nitrogens with zero attached hydrogens (tertiary/aromatic N) is 2. The van der Waals surface area contributed by atoms with Crippen LogP contribution in [0.4, 0.5) is 5.13 Å². The van der Waals surface area contributed by atoms with Crippen molar-refractivity contribution >= 4 is 34.0 Å². The SMILES string of the molecule is COCCN(C(=O)COc1ccc(Cl)cc1)c1nc(-c2cc(OC)ccc2OC)cs1. The van der Waals surface area contributed by atoms with E-state index in [4.69, 9.17) is 30.5 Å². The van der Waals surface area contributed by atoms with Crippen LogP contribution in [-0.2, 0) is 9.53 Å². The number of methoxy groups -OCH3 is 3. The Morgan fingerprint density at radius 2 is 1.81 bits per heavy atom. The molecule has 0 aliphatic rings. The summed E-state index contributed by atoms with van der Waals surface area (Å²) in [6.07, 6.45) is 0. The number of benzene rings is 2. The quantitative estimate of drug-likeness (QED) is 0.440. The summed E-state index contributed by atoms with van der Waals surface area (Å²) in [7, 11) is 4.78. The van der Waals surface area contributed by atoms with E-state index in [0.29, 0.717) is 46.2 Å². The van der Waals surface area contributed by atoms with Gasteiger partial charge < -0.3 is 18.9 Å². The molecule has 0 aliphatic heterocycles. The highest BCUT2D eigenvalue weighted by atomic mass is 35.5. The summed E-state index contributed by atoms with van der Waals surface area (Å²) in [5.41, 5.74) is 1.46. The lowest BCUT2D eigenvalue weighted by molar-refractivity contribution is -0.120. The van der Waals surface area contributed by atoms with Crippen molar-refractivity contribution in [3.8, 4) is 28.5 Å². The molecule has 9 heteroatoms. The second-order valence-electron chi connectivity index (χ2n) is 6.36. The summed E-state index contributed by atoms with van der Waals surface area (Å²) < 4.78 is 21.6. The molecule has 0 atom stereocenters. The molecule has 0 spiro atoms. The number of carbonyl (C=O) groups is 1. The van der Waals surface area contributed by atoms with Gasteiger partial charge in [0.1, 0.15) is 17.2 Å². The van der Waals surface area contributed by atoms with Gasteiger partial charge in [-0.15, -0.1) is 11.3 Å². The van der Waals surface area contributed by atoms with E-state index in [1.807, 2.05) is 23.6 Å². The largest absolute Gasteiger partial charge is 0.497 e. The van der Waals surface area contributed by atoms with Crippen LogP contribution in [0.3, 0.4) is 0 Å². The monoisotopic (exact) mass is 462 g/mol. The van der Waals surface area contributed by atoms with Gasteiger partial charge in [0.2, 0.25) is 0 Å². The Hall–Kier alpha value is -2.81. The van der Waals surface area contributed by atoms with Crippen molar-refractivity contribution in [2.24, 2.45) is 0 Å². The molecule has 0 saturated carbocycles. The van der Waals surface area contributed by atoms with Crippen LogP contribution in [0.25, 0.3) is 11.3 Å². The number of thiazole rings is 1. The van der Waals surface area contributed by atoms with E-state index < -0.39 is 0 Å². The van der Waals surface area contributed by atoms with Gasteiger partial charge in [0.05, 0.1) is 33.1 Å². The maximum Gasteiger partial charge on any atom is 0.266 e. The van der Waals surface area contributed by atoms with Crippen LogP contribution in [0.15, 0.2) is 47.8 Å². The zero-order valence-electron chi connectivity index (χ0n) is 17.5. The van der Waals surface area contributed by atoms with E-state index in [2.05, 4.69) is 4.98 Å². The van der Waals surface area contributed by atoms with Gasteiger partial charge in [-0.2, -0.15) is 0 Å². The fourth-order valence-corrected chi connectivity index (χ4v) is 3.78. The van der Waals surface area contributed by atoms with Gasteiger partial charge in [-0.1, -0.05) is 11.6 Å². The van der Waals surface area contributed by atoms with Crippen molar-refractivity contribution in [3.63, 3.8) is 0 Å². The molecule has 31 heavy (non-hydrogen) atoms. The second-order valence-corrected chi connectivity index (χ2v) is 7.64. The summed E-state index contributed by atoms with van der Waals surface area (Å²) in [4.78, 5) is 19.1. The van der Waals surface area contributed by atoms with E-state index in [1.165, 1.54) is 11.3 Å². The van der Waals surface area contributed by atoms with Crippen LogP contribution in [0.2, 0.25) is 5.02 Å². The Balaban J connectivity index is 1.80. The third-order valence-corrected chi connectivity index (χ3v) is 5.52. The molecule has 2 aromatic carbocycles. The van der Waals surface area contributed by atoms with E-state index in [1.54, 1.807) is 50.5 Å². The minimum atomic E-state index is -0.231. The first-order valence-electron chi connectivity index (χ1n) is 9.41. The molecule has 0 unspecified atom stereocenters. The molecule has 0 N–H and O–H groups in total. The number of halogens is 1. The lowest BCUT2D eigenvalue weighted by Gasteiger charge is -2.19. The standard InChI is InChI=1S/C22H23ClN2O5S/c1-27-11-10-25(21(26)13-30-16-6-4-15(23)5-7-16)22-24-19(14-31-22)18-12-17(28-2)8-9-20(18)29-3/h4-9,12,14H,10-11,13H2,1-3H3. The number of ether oxygens (including phenoxy) is 4. The number of hydrogen-bond donors (Lipinski definition) is 0. The highest BCUT2D eigenvalue weighted by Crippen LogP contribution is 2.36.